The van der Waals surface area contributed by atoms with Crippen molar-refractivity contribution >= 4 is 5.91 Å². The Kier molecular flexibility index (Phi) is 9.14. The quantitative estimate of drug-likeness (QED) is 0.762. The number of hydrogen-bond donors (Lipinski definition) is 0. The third-order valence-electron chi connectivity index (χ3n) is 3.21. The second-order valence-corrected chi connectivity index (χ2v) is 4.77. The standard InChI is InChI=1S/C11H21NO2.C3H8/c1-4-12(2)11(13)9-5-7-10(14-3)8-6-9;1-3-2/h9-10H,4-8H2,1-3H3;3H2,1-2H3. The maximum Gasteiger partial charge on any atom is 0.225 e. The van der Waals surface area contributed by atoms with Crippen LogP contribution in [0.15, 0.2) is 0 Å². The Balaban J connectivity index is 0.000000770. The number of carbonyl (C=O) groups excluding carboxylic acids is 1. The predicted molar refractivity (Wildman–Crippen MR) is 72.0 cm³/mol. The summed E-state index contributed by atoms with van der Waals surface area (Å²) in [5, 5.41) is 0. The predicted octanol–water partition coefficient (Wildman–Crippen LogP) is 3.09. The Labute approximate surface area is 107 Å². The van der Waals surface area contributed by atoms with E-state index in [0.717, 1.165) is 32.2 Å². The normalized spacial score (nSPS) is 23.6. The van der Waals surface area contributed by atoms with Crippen LogP contribution in [0.2, 0.25) is 0 Å². The zero-order valence-corrected chi connectivity index (χ0v) is 12.2. The molecule has 0 aromatic heterocycles. The minimum Gasteiger partial charge on any atom is -0.381 e. The van der Waals surface area contributed by atoms with Gasteiger partial charge in [0, 0.05) is 26.6 Å². The van der Waals surface area contributed by atoms with E-state index in [1.165, 1.54) is 6.42 Å². The first kappa shape index (κ1) is 16.4. The molecule has 1 saturated carbocycles. The van der Waals surface area contributed by atoms with Crippen molar-refractivity contribution in [2.45, 2.75) is 59.0 Å². The molecule has 3 heteroatoms. The number of rotatable bonds is 3. The number of amides is 1. The zero-order valence-electron chi connectivity index (χ0n) is 12.2. The molecule has 1 rings (SSSR count). The highest BCUT2D eigenvalue weighted by atomic mass is 16.5. The van der Waals surface area contributed by atoms with E-state index in [4.69, 9.17) is 4.74 Å². The maximum atomic E-state index is 11.8. The number of carbonyl (C=O) groups is 1. The van der Waals surface area contributed by atoms with Crippen LogP contribution in [-0.4, -0.2) is 37.6 Å². The summed E-state index contributed by atoms with van der Waals surface area (Å²) in [5.74, 6) is 0.549. The van der Waals surface area contributed by atoms with Crippen molar-refractivity contribution < 1.29 is 9.53 Å². The first-order valence-electron chi connectivity index (χ1n) is 6.88. The fourth-order valence-electron chi connectivity index (χ4n) is 2.01. The van der Waals surface area contributed by atoms with Gasteiger partial charge in [-0.1, -0.05) is 20.3 Å². The number of ether oxygens (including phenoxy) is 1. The summed E-state index contributed by atoms with van der Waals surface area (Å²) in [5.41, 5.74) is 0. The maximum absolute atomic E-state index is 11.8. The molecule has 3 nitrogen and oxygen atoms in total. The largest absolute Gasteiger partial charge is 0.381 e. The lowest BCUT2D eigenvalue weighted by molar-refractivity contribution is -0.135. The van der Waals surface area contributed by atoms with Crippen molar-refractivity contribution in [1.29, 1.82) is 0 Å². The Morgan fingerprint density at radius 1 is 1.18 bits per heavy atom. The van der Waals surface area contributed by atoms with Gasteiger partial charge in [0.15, 0.2) is 0 Å². The fourth-order valence-corrected chi connectivity index (χ4v) is 2.01. The summed E-state index contributed by atoms with van der Waals surface area (Å²) in [4.78, 5) is 13.6. The third kappa shape index (κ3) is 6.06. The summed E-state index contributed by atoms with van der Waals surface area (Å²) in [7, 11) is 3.63. The zero-order chi connectivity index (χ0) is 13.3. The van der Waals surface area contributed by atoms with E-state index in [1.807, 2.05) is 18.9 Å². The van der Waals surface area contributed by atoms with Gasteiger partial charge in [0.2, 0.25) is 5.91 Å². The molecule has 0 heterocycles. The lowest BCUT2D eigenvalue weighted by atomic mass is 9.86. The molecule has 102 valence electrons. The molecule has 0 unspecified atom stereocenters. The minimum atomic E-state index is 0.242. The first-order valence-corrected chi connectivity index (χ1v) is 6.88. The molecule has 1 amide bonds. The average Bonchev–Trinajstić information content (AvgIpc) is 2.38. The van der Waals surface area contributed by atoms with E-state index in [0.29, 0.717) is 12.0 Å². The van der Waals surface area contributed by atoms with E-state index in [2.05, 4.69) is 13.8 Å². The molecule has 0 bridgehead atoms. The van der Waals surface area contributed by atoms with Gasteiger partial charge in [0.1, 0.15) is 0 Å². The van der Waals surface area contributed by atoms with Gasteiger partial charge in [0.25, 0.3) is 0 Å². The summed E-state index contributed by atoms with van der Waals surface area (Å²) in [6, 6.07) is 0. The first-order chi connectivity index (χ1) is 8.10. The van der Waals surface area contributed by atoms with Crippen LogP contribution in [0, 0.1) is 5.92 Å². The molecule has 0 aliphatic heterocycles. The van der Waals surface area contributed by atoms with Gasteiger partial charge in [-0.15, -0.1) is 0 Å². The molecule has 17 heavy (non-hydrogen) atoms. The van der Waals surface area contributed by atoms with Crippen LogP contribution in [0.1, 0.15) is 52.9 Å². The lowest BCUT2D eigenvalue weighted by Gasteiger charge is -2.29. The van der Waals surface area contributed by atoms with Crippen LogP contribution in [-0.2, 0) is 9.53 Å². The molecule has 0 aromatic carbocycles. The van der Waals surface area contributed by atoms with Crippen LogP contribution in [0.25, 0.3) is 0 Å². The Morgan fingerprint density at radius 2 is 1.65 bits per heavy atom. The summed E-state index contributed by atoms with van der Waals surface area (Å²) in [6.07, 6.45) is 5.67. The average molecular weight is 243 g/mol. The van der Waals surface area contributed by atoms with E-state index < -0.39 is 0 Å². The van der Waals surface area contributed by atoms with Crippen LogP contribution in [0.3, 0.4) is 0 Å². The van der Waals surface area contributed by atoms with Crippen molar-refractivity contribution in [3.63, 3.8) is 0 Å². The summed E-state index contributed by atoms with van der Waals surface area (Å²) in [6.45, 7) is 7.07. The molecule has 0 spiro atoms. The molecular formula is C14H29NO2. The number of methoxy groups -OCH3 is 1. The summed E-state index contributed by atoms with van der Waals surface area (Å²) < 4.78 is 5.28. The molecule has 0 aromatic rings. The van der Waals surface area contributed by atoms with Gasteiger partial charge >= 0.3 is 0 Å². The smallest absolute Gasteiger partial charge is 0.225 e. The minimum absolute atomic E-state index is 0.242. The van der Waals surface area contributed by atoms with Gasteiger partial charge in [-0.25, -0.2) is 0 Å². The molecular weight excluding hydrogens is 214 g/mol. The van der Waals surface area contributed by atoms with Crippen molar-refractivity contribution in [2.75, 3.05) is 20.7 Å². The van der Waals surface area contributed by atoms with Gasteiger partial charge in [-0.05, 0) is 32.6 Å². The van der Waals surface area contributed by atoms with Gasteiger partial charge < -0.3 is 9.64 Å². The Hall–Kier alpha value is -0.570. The lowest BCUT2D eigenvalue weighted by Crippen LogP contribution is -2.35. The van der Waals surface area contributed by atoms with E-state index in [-0.39, 0.29) is 5.92 Å². The van der Waals surface area contributed by atoms with Crippen LogP contribution >= 0.6 is 0 Å². The Bertz CT molecular complexity index is 198. The number of nitrogens with zero attached hydrogens (tertiary/aromatic N) is 1. The molecule has 0 saturated heterocycles. The van der Waals surface area contributed by atoms with Crippen LogP contribution < -0.4 is 0 Å². The highest BCUT2D eigenvalue weighted by Gasteiger charge is 2.27. The second-order valence-electron chi connectivity index (χ2n) is 4.77. The highest BCUT2D eigenvalue weighted by Crippen LogP contribution is 2.26. The van der Waals surface area contributed by atoms with E-state index in [9.17, 15) is 4.79 Å². The van der Waals surface area contributed by atoms with E-state index >= 15 is 0 Å². The van der Waals surface area contributed by atoms with Crippen molar-refractivity contribution in [1.82, 2.24) is 4.90 Å². The molecule has 1 fully saturated rings. The summed E-state index contributed by atoms with van der Waals surface area (Å²) >= 11 is 0. The second kappa shape index (κ2) is 9.46. The van der Waals surface area contributed by atoms with Crippen molar-refractivity contribution in [3.8, 4) is 0 Å². The van der Waals surface area contributed by atoms with Gasteiger partial charge in [0.05, 0.1) is 6.10 Å². The molecule has 1 aliphatic rings. The SMILES string of the molecule is CCC.CCN(C)C(=O)C1CCC(OC)CC1. The highest BCUT2D eigenvalue weighted by molar-refractivity contribution is 5.78. The molecule has 1 aliphatic carbocycles. The van der Waals surface area contributed by atoms with Crippen LogP contribution in [0.4, 0.5) is 0 Å². The topological polar surface area (TPSA) is 29.5 Å². The molecule has 0 N–H and O–H groups in total. The van der Waals surface area contributed by atoms with Crippen molar-refractivity contribution in [2.24, 2.45) is 5.92 Å². The Morgan fingerprint density at radius 3 is 2.00 bits per heavy atom. The van der Waals surface area contributed by atoms with Crippen molar-refractivity contribution in [3.05, 3.63) is 0 Å². The van der Waals surface area contributed by atoms with Gasteiger partial charge in [-0.3, -0.25) is 4.79 Å². The third-order valence-corrected chi connectivity index (χ3v) is 3.21. The number of hydrogen-bond acceptors (Lipinski definition) is 2. The molecule has 0 atom stereocenters. The van der Waals surface area contributed by atoms with Crippen LogP contribution in [0.5, 0.6) is 0 Å². The van der Waals surface area contributed by atoms with Gasteiger partial charge in [-0.2, -0.15) is 0 Å². The fraction of sp³-hybridized carbons (Fsp3) is 0.929. The molecule has 0 radical (unpaired) electrons. The van der Waals surface area contributed by atoms with E-state index in [1.54, 1.807) is 7.11 Å². The monoisotopic (exact) mass is 243 g/mol.